The van der Waals surface area contributed by atoms with Crippen molar-refractivity contribution in [3.05, 3.63) is 0 Å². The third kappa shape index (κ3) is 5.56. The summed E-state index contributed by atoms with van der Waals surface area (Å²) in [4.78, 5) is 26.7. The van der Waals surface area contributed by atoms with E-state index in [-0.39, 0.29) is 18.5 Å². The van der Waals surface area contributed by atoms with E-state index in [9.17, 15) is 9.59 Å². The molecule has 0 aromatic heterocycles. The Morgan fingerprint density at radius 3 is 2.00 bits per heavy atom. The zero-order chi connectivity index (χ0) is 13.3. The maximum Gasteiger partial charge on any atom is 0.325 e. The Morgan fingerprint density at radius 1 is 1.00 bits per heavy atom. The van der Waals surface area contributed by atoms with E-state index in [4.69, 9.17) is 4.74 Å². The first-order valence-corrected chi connectivity index (χ1v) is 6.30. The van der Waals surface area contributed by atoms with Gasteiger partial charge in [-0.15, -0.1) is 0 Å². The van der Waals surface area contributed by atoms with Crippen molar-refractivity contribution >= 4 is 12.0 Å². The standard InChI is InChI=1S/C12H24N2O3/c1-5-9-14(10-11(15)17-8-4)12(16)13(6-2)7-3/h5-10H2,1-4H3. The highest BCUT2D eigenvalue weighted by Crippen LogP contribution is 2.01. The van der Waals surface area contributed by atoms with Crippen LogP contribution in [-0.4, -0.2) is 54.6 Å². The smallest absolute Gasteiger partial charge is 0.325 e. The number of ether oxygens (including phenoxy) is 1. The Balaban J connectivity index is 4.49. The molecule has 0 unspecified atom stereocenters. The molecule has 0 rings (SSSR count). The van der Waals surface area contributed by atoms with Gasteiger partial charge >= 0.3 is 12.0 Å². The molecule has 0 spiro atoms. The van der Waals surface area contributed by atoms with Gasteiger partial charge in [-0.1, -0.05) is 6.92 Å². The summed E-state index contributed by atoms with van der Waals surface area (Å²) in [6, 6.07) is -0.0927. The molecular weight excluding hydrogens is 220 g/mol. The molecule has 17 heavy (non-hydrogen) atoms. The van der Waals surface area contributed by atoms with Gasteiger partial charge in [0.1, 0.15) is 6.54 Å². The minimum atomic E-state index is -0.346. The van der Waals surface area contributed by atoms with Gasteiger partial charge in [0.25, 0.3) is 0 Å². The van der Waals surface area contributed by atoms with E-state index in [1.165, 1.54) is 0 Å². The van der Waals surface area contributed by atoms with Crippen molar-refractivity contribution in [2.45, 2.75) is 34.1 Å². The highest BCUT2D eigenvalue weighted by atomic mass is 16.5. The molecule has 0 aromatic carbocycles. The van der Waals surface area contributed by atoms with E-state index >= 15 is 0 Å². The van der Waals surface area contributed by atoms with E-state index in [1.54, 1.807) is 16.7 Å². The first-order chi connectivity index (χ1) is 8.10. The number of amides is 2. The SMILES string of the molecule is CCCN(CC(=O)OCC)C(=O)N(CC)CC. The lowest BCUT2D eigenvalue weighted by atomic mass is 10.4. The van der Waals surface area contributed by atoms with Crippen LogP contribution in [0.4, 0.5) is 4.79 Å². The fourth-order valence-electron chi connectivity index (χ4n) is 1.57. The second kappa shape index (κ2) is 8.84. The quantitative estimate of drug-likeness (QED) is 0.641. The van der Waals surface area contributed by atoms with Crippen molar-refractivity contribution in [1.82, 2.24) is 9.80 Å². The number of carbonyl (C=O) groups is 2. The second-order valence-electron chi connectivity index (χ2n) is 3.68. The number of nitrogens with zero attached hydrogens (tertiary/aromatic N) is 2. The number of carbonyl (C=O) groups excluding carboxylic acids is 2. The lowest BCUT2D eigenvalue weighted by molar-refractivity contribution is -0.143. The second-order valence-corrected chi connectivity index (χ2v) is 3.68. The Hall–Kier alpha value is -1.26. The van der Waals surface area contributed by atoms with E-state index in [2.05, 4.69) is 0 Å². The van der Waals surface area contributed by atoms with Crippen LogP contribution >= 0.6 is 0 Å². The molecule has 100 valence electrons. The maximum atomic E-state index is 12.1. The highest BCUT2D eigenvalue weighted by Gasteiger charge is 2.20. The largest absolute Gasteiger partial charge is 0.465 e. The van der Waals surface area contributed by atoms with Crippen LogP contribution in [0.5, 0.6) is 0 Å². The van der Waals surface area contributed by atoms with E-state index in [0.29, 0.717) is 26.2 Å². The number of hydrogen-bond acceptors (Lipinski definition) is 3. The van der Waals surface area contributed by atoms with E-state index < -0.39 is 0 Å². The number of hydrogen-bond donors (Lipinski definition) is 0. The summed E-state index contributed by atoms with van der Waals surface area (Å²) in [5, 5.41) is 0. The molecule has 0 saturated heterocycles. The molecule has 0 atom stereocenters. The first-order valence-electron chi connectivity index (χ1n) is 6.30. The van der Waals surface area contributed by atoms with Crippen LogP contribution in [0, 0.1) is 0 Å². The minimum Gasteiger partial charge on any atom is -0.465 e. The average Bonchev–Trinajstić information content (AvgIpc) is 2.30. The molecule has 0 fully saturated rings. The number of urea groups is 1. The Morgan fingerprint density at radius 2 is 1.59 bits per heavy atom. The Bertz CT molecular complexity index is 240. The van der Waals surface area contributed by atoms with Gasteiger partial charge in [0.15, 0.2) is 0 Å². The summed E-state index contributed by atoms with van der Waals surface area (Å²) >= 11 is 0. The molecule has 5 nitrogen and oxygen atoms in total. The molecule has 0 heterocycles. The zero-order valence-corrected chi connectivity index (χ0v) is 11.4. The molecule has 5 heteroatoms. The van der Waals surface area contributed by atoms with Crippen LogP contribution in [0.25, 0.3) is 0 Å². The lowest BCUT2D eigenvalue weighted by Crippen LogP contribution is -2.45. The molecule has 0 saturated carbocycles. The molecule has 0 N–H and O–H groups in total. The van der Waals surface area contributed by atoms with Crippen molar-refractivity contribution in [2.24, 2.45) is 0 Å². The van der Waals surface area contributed by atoms with E-state index in [0.717, 1.165) is 6.42 Å². The van der Waals surface area contributed by atoms with E-state index in [1.807, 2.05) is 20.8 Å². The van der Waals surface area contributed by atoms with Crippen molar-refractivity contribution in [2.75, 3.05) is 32.8 Å². The Labute approximate surface area is 104 Å². The number of rotatable bonds is 7. The zero-order valence-electron chi connectivity index (χ0n) is 11.4. The van der Waals surface area contributed by atoms with Gasteiger partial charge in [-0.05, 0) is 27.2 Å². The van der Waals surface area contributed by atoms with Crippen LogP contribution in [-0.2, 0) is 9.53 Å². The minimum absolute atomic E-state index is 0.0387. The van der Waals surface area contributed by atoms with Crippen LogP contribution in [0.2, 0.25) is 0 Å². The van der Waals surface area contributed by atoms with Gasteiger partial charge in [-0.2, -0.15) is 0 Å². The first kappa shape index (κ1) is 15.7. The van der Waals surface area contributed by atoms with Crippen molar-refractivity contribution < 1.29 is 14.3 Å². The molecule has 0 aromatic rings. The third-order valence-electron chi connectivity index (χ3n) is 2.42. The monoisotopic (exact) mass is 244 g/mol. The molecule has 0 radical (unpaired) electrons. The molecule has 0 bridgehead atoms. The average molecular weight is 244 g/mol. The fraction of sp³-hybridized carbons (Fsp3) is 0.833. The van der Waals surface area contributed by atoms with Gasteiger partial charge < -0.3 is 14.5 Å². The maximum absolute atomic E-state index is 12.1. The normalized spacial score (nSPS) is 9.88. The summed E-state index contributed by atoms with van der Waals surface area (Å²) < 4.78 is 4.86. The number of esters is 1. The highest BCUT2D eigenvalue weighted by molar-refractivity contribution is 5.81. The summed E-state index contributed by atoms with van der Waals surface area (Å²) in [5.74, 6) is -0.346. The molecule has 0 aliphatic carbocycles. The third-order valence-corrected chi connectivity index (χ3v) is 2.42. The molecular formula is C12H24N2O3. The van der Waals surface area contributed by atoms with Crippen LogP contribution in [0.3, 0.4) is 0 Å². The van der Waals surface area contributed by atoms with Crippen LogP contribution in [0.15, 0.2) is 0 Å². The summed E-state index contributed by atoms with van der Waals surface area (Å²) in [5.41, 5.74) is 0. The predicted molar refractivity (Wildman–Crippen MR) is 66.8 cm³/mol. The van der Waals surface area contributed by atoms with Crippen molar-refractivity contribution in [3.8, 4) is 0 Å². The molecule has 0 aliphatic heterocycles. The van der Waals surface area contributed by atoms with Crippen molar-refractivity contribution in [1.29, 1.82) is 0 Å². The molecule has 0 aliphatic rings. The summed E-state index contributed by atoms with van der Waals surface area (Å²) in [7, 11) is 0. The van der Waals surface area contributed by atoms with Gasteiger partial charge in [-0.25, -0.2) is 4.79 Å². The summed E-state index contributed by atoms with van der Waals surface area (Å²) in [6.07, 6.45) is 0.826. The van der Waals surface area contributed by atoms with Crippen LogP contribution < -0.4 is 0 Å². The van der Waals surface area contributed by atoms with Gasteiger partial charge in [0, 0.05) is 19.6 Å². The fourth-order valence-corrected chi connectivity index (χ4v) is 1.57. The lowest BCUT2D eigenvalue weighted by Gasteiger charge is -2.28. The van der Waals surface area contributed by atoms with Gasteiger partial charge in [0.05, 0.1) is 6.61 Å². The summed E-state index contributed by atoms with van der Waals surface area (Å²) in [6.45, 7) is 9.86. The topological polar surface area (TPSA) is 49.9 Å². The van der Waals surface area contributed by atoms with Gasteiger partial charge in [-0.3, -0.25) is 4.79 Å². The molecule has 2 amide bonds. The van der Waals surface area contributed by atoms with Crippen LogP contribution in [0.1, 0.15) is 34.1 Å². The van der Waals surface area contributed by atoms with Crippen molar-refractivity contribution in [3.63, 3.8) is 0 Å². The van der Waals surface area contributed by atoms with Gasteiger partial charge in [0.2, 0.25) is 0 Å². The predicted octanol–water partition coefficient (Wildman–Crippen LogP) is 1.72. The Kier molecular flexibility index (Phi) is 8.19.